The molecule has 3 aromatic heterocycles. The van der Waals surface area contributed by atoms with E-state index >= 15 is 0 Å². The van der Waals surface area contributed by atoms with E-state index in [0.29, 0.717) is 17.6 Å². The van der Waals surface area contributed by atoms with Crippen molar-refractivity contribution in [2.45, 2.75) is 23.7 Å². The summed E-state index contributed by atoms with van der Waals surface area (Å²) < 4.78 is 35.3. The second-order valence-corrected chi connectivity index (χ2v) is 9.67. The first-order valence-corrected chi connectivity index (χ1v) is 12.1. The highest BCUT2D eigenvalue weighted by molar-refractivity contribution is 7.93. The highest BCUT2D eigenvalue weighted by Gasteiger charge is 2.28. The summed E-state index contributed by atoms with van der Waals surface area (Å²) in [6.07, 6.45) is 5.30. The molecular formula is C21H16N6O3S2. The van der Waals surface area contributed by atoms with Gasteiger partial charge in [0.15, 0.2) is 10.9 Å². The normalized spacial score (nSPS) is 13.5. The van der Waals surface area contributed by atoms with E-state index in [1.807, 2.05) is 30.3 Å². The van der Waals surface area contributed by atoms with Gasteiger partial charge in [-0.2, -0.15) is 15.0 Å². The van der Waals surface area contributed by atoms with Crippen LogP contribution in [0, 0.1) is 11.3 Å². The van der Waals surface area contributed by atoms with Gasteiger partial charge in [0.05, 0.1) is 16.2 Å². The zero-order valence-electron chi connectivity index (χ0n) is 16.5. The first-order chi connectivity index (χ1) is 15.5. The third kappa shape index (κ3) is 4.05. The predicted octanol–water partition coefficient (Wildman–Crippen LogP) is 4.07. The van der Waals surface area contributed by atoms with Crippen LogP contribution in [0.4, 0.5) is 5.13 Å². The van der Waals surface area contributed by atoms with Crippen molar-refractivity contribution in [3.8, 4) is 23.5 Å². The largest absolute Gasteiger partial charge is 0.437 e. The molecule has 0 saturated heterocycles. The van der Waals surface area contributed by atoms with Gasteiger partial charge in [-0.25, -0.2) is 18.4 Å². The Hall–Kier alpha value is -3.75. The molecule has 1 N–H and O–H groups in total. The molecule has 1 aromatic carbocycles. The topological polar surface area (TPSA) is 123 Å². The Balaban J connectivity index is 1.48. The van der Waals surface area contributed by atoms with E-state index in [1.165, 1.54) is 24.4 Å². The number of sulfonamides is 1. The lowest BCUT2D eigenvalue weighted by molar-refractivity contribution is 0.441. The smallest absolute Gasteiger partial charge is 0.263 e. The number of aromatic nitrogens is 4. The number of ether oxygens (including phenoxy) is 1. The summed E-state index contributed by atoms with van der Waals surface area (Å²) in [5, 5.41) is 16.2. The fourth-order valence-electron chi connectivity index (χ4n) is 3.09. The highest BCUT2D eigenvalue weighted by Crippen LogP contribution is 2.41. The number of nitrogens with zero attached hydrogens (tertiary/aromatic N) is 5. The van der Waals surface area contributed by atoms with Crippen LogP contribution in [0.5, 0.6) is 11.6 Å². The first-order valence-electron chi connectivity index (χ1n) is 9.69. The van der Waals surface area contributed by atoms with Gasteiger partial charge in [0.2, 0.25) is 5.88 Å². The summed E-state index contributed by atoms with van der Waals surface area (Å²) in [5.41, 5.74) is 0.977. The SMILES string of the molecule is N#Cc1cc(S(=O)(=O)Nc2nccs2)ccc1Oc1cc(C2CC2)nn1-c1ccccn1. The monoisotopic (exact) mass is 464 g/mol. The van der Waals surface area contributed by atoms with E-state index in [-0.39, 0.29) is 21.3 Å². The molecular weight excluding hydrogens is 448 g/mol. The molecule has 0 unspecified atom stereocenters. The minimum Gasteiger partial charge on any atom is -0.437 e. The minimum atomic E-state index is -3.89. The second kappa shape index (κ2) is 8.07. The zero-order chi connectivity index (χ0) is 22.1. The molecule has 4 aromatic rings. The number of hydrogen-bond donors (Lipinski definition) is 1. The molecule has 5 rings (SSSR count). The van der Waals surface area contributed by atoms with Gasteiger partial charge < -0.3 is 4.74 Å². The van der Waals surface area contributed by atoms with Crippen molar-refractivity contribution in [2.75, 3.05) is 4.72 Å². The number of rotatable bonds is 7. The zero-order valence-corrected chi connectivity index (χ0v) is 18.2. The molecule has 0 radical (unpaired) electrons. The number of hydrogen-bond acceptors (Lipinski definition) is 8. The van der Waals surface area contributed by atoms with Gasteiger partial charge in [0.25, 0.3) is 10.0 Å². The van der Waals surface area contributed by atoms with Crippen LogP contribution in [-0.4, -0.2) is 28.2 Å². The molecule has 1 aliphatic rings. The maximum atomic E-state index is 12.6. The summed E-state index contributed by atoms with van der Waals surface area (Å²) in [7, 11) is -3.89. The van der Waals surface area contributed by atoms with Crippen LogP contribution in [0.2, 0.25) is 0 Å². The molecule has 0 atom stereocenters. The van der Waals surface area contributed by atoms with Gasteiger partial charge in [-0.05, 0) is 43.2 Å². The van der Waals surface area contributed by atoms with Crippen LogP contribution in [0.3, 0.4) is 0 Å². The molecule has 3 heterocycles. The average Bonchev–Trinajstić information content (AvgIpc) is 3.38. The van der Waals surface area contributed by atoms with Gasteiger partial charge in [0.1, 0.15) is 11.8 Å². The quantitative estimate of drug-likeness (QED) is 0.437. The number of pyridine rings is 1. The Labute approximate surface area is 188 Å². The summed E-state index contributed by atoms with van der Waals surface area (Å²) in [5.74, 6) is 1.60. The first kappa shape index (κ1) is 20.2. The Morgan fingerprint density at radius 1 is 1.16 bits per heavy atom. The van der Waals surface area contributed by atoms with E-state index in [1.54, 1.807) is 16.3 Å². The number of thiazole rings is 1. The van der Waals surface area contributed by atoms with E-state index in [9.17, 15) is 13.7 Å². The predicted molar refractivity (Wildman–Crippen MR) is 117 cm³/mol. The summed E-state index contributed by atoms with van der Waals surface area (Å²) in [6, 6.07) is 13.4. The molecule has 0 amide bonds. The molecule has 0 bridgehead atoms. The molecule has 0 spiro atoms. The minimum absolute atomic E-state index is 0.0616. The molecule has 32 heavy (non-hydrogen) atoms. The Morgan fingerprint density at radius 2 is 2.03 bits per heavy atom. The van der Waals surface area contributed by atoms with Crippen LogP contribution < -0.4 is 9.46 Å². The summed E-state index contributed by atoms with van der Waals surface area (Å²) in [6.45, 7) is 0. The standard InChI is InChI=1S/C21H16N6O3S2/c22-13-15-11-16(32(28,29)26-21-24-9-10-31-21)6-7-18(15)30-20-12-17(14-4-5-14)25-27(20)19-3-1-2-8-23-19/h1-3,6-12,14H,4-5H2,(H,24,26). The molecule has 1 aliphatic carbocycles. The molecule has 1 saturated carbocycles. The van der Waals surface area contributed by atoms with Crippen molar-refractivity contribution in [2.24, 2.45) is 0 Å². The Morgan fingerprint density at radius 3 is 2.72 bits per heavy atom. The third-order valence-corrected chi connectivity index (χ3v) is 6.96. The van der Waals surface area contributed by atoms with Crippen LogP contribution in [0.1, 0.15) is 30.0 Å². The van der Waals surface area contributed by atoms with Gasteiger partial charge in [0, 0.05) is 29.8 Å². The van der Waals surface area contributed by atoms with Gasteiger partial charge in [-0.1, -0.05) is 6.07 Å². The van der Waals surface area contributed by atoms with Crippen molar-refractivity contribution < 1.29 is 13.2 Å². The number of nitrogens with one attached hydrogen (secondary N) is 1. The van der Waals surface area contributed by atoms with Crippen LogP contribution in [-0.2, 0) is 10.0 Å². The van der Waals surface area contributed by atoms with Gasteiger partial charge in [-0.3, -0.25) is 4.72 Å². The van der Waals surface area contributed by atoms with Crippen molar-refractivity contribution in [3.63, 3.8) is 0 Å². The van der Waals surface area contributed by atoms with E-state index in [4.69, 9.17) is 4.74 Å². The maximum Gasteiger partial charge on any atom is 0.263 e. The third-order valence-electron chi connectivity index (χ3n) is 4.81. The van der Waals surface area contributed by atoms with Gasteiger partial charge in [-0.15, -0.1) is 11.3 Å². The van der Waals surface area contributed by atoms with Crippen LogP contribution in [0.15, 0.2) is 65.1 Å². The van der Waals surface area contributed by atoms with Crippen LogP contribution >= 0.6 is 11.3 Å². The fourth-order valence-corrected chi connectivity index (χ4v) is 4.90. The summed E-state index contributed by atoms with van der Waals surface area (Å²) >= 11 is 1.16. The Bertz CT molecular complexity index is 1410. The fraction of sp³-hybridized carbons (Fsp3) is 0.143. The van der Waals surface area contributed by atoms with Crippen molar-refractivity contribution >= 4 is 26.5 Å². The molecule has 1 fully saturated rings. The van der Waals surface area contributed by atoms with Crippen molar-refractivity contribution in [3.05, 3.63) is 71.5 Å². The highest BCUT2D eigenvalue weighted by atomic mass is 32.2. The summed E-state index contributed by atoms with van der Waals surface area (Å²) in [4.78, 5) is 8.20. The lowest BCUT2D eigenvalue weighted by atomic mass is 10.2. The van der Waals surface area contributed by atoms with Gasteiger partial charge >= 0.3 is 0 Å². The second-order valence-electron chi connectivity index (χ2n) is 7.10. The molecule has 160 valence electrons. The lowest BCUT2D eigenvalue weighted by Gasteiger charge is -2.11. The number of anilines is 1. The van der Waals surface area contributed by atoms with Crippen molar-refractivity contribution in [1.82, 2.24) is 19.7 Å². The Kier molecular flexibility index (Phi) is 5.08. The van der Waals surface area contributed by atoms with E-state index in [2.05, 4.69) is 19.8 Å². The number of benzene rings is 1. The van der Waals surface area contributed by atoms with Crippen LogP contribution in [0.25, 0.3) is 5.82 Å². The maximum absolute atomic E-state index is 12.6. The van der Waals surface area contributed by atoms with E-state index in [0.717, 1.165) is 29.9 Å². The van der Waals surface area contributed by atoms with Crippen molar-refractivity contribution in [1.29, 1.82) is 5.26 Å². The molecule has 9 nitrogen and oxygen atoms in total. The molecule has 0 aliphatic heterocycles. The van der Waals surface area contributed by atoms with E-state index < -0.39 is 10.0 Å². The average molecular weight is 465 g/mol. The molecule has 11 heteroatoms. The lowest BCUT2D eigenvalue weighted by Crippen LogP contribution is -2.13. The number of nitriles is 1.